The van der Waals surface area contributed by atoms with E-state index in [-0.39, 0.29) is 5.91 Å². The van der Waals surface area contributed by atoms with Crippen molar-refractivity contribution >= 4 is 16.3 Å². The van der Waals surface area contributed by atoms with E-state index in [0.717, 1.165) is 25.8 Å². The van der Waals surface area contributed by atoms with Crippen LogP contribution >= 0.6 is 0 Å². The quantitative estimate of drug-likeness (QED) is 0.0430. The monoisotopic (exact) mass is 603 g/mol. The van der Waals surface area contributed by atoms with Crippen molar-refractivity contribution in [3.8, 4) is 0 Å². The topological polar surface area (TPSA) is 104 Å². The van der Waals surface area contributed by atoms with E-state index in [9.17, 15) is 4.79 Å². The van der Waals surface area contributed by atoms with Crippen molar-refractivity contribution in [3.05, 3.63) is 12.2 Å². The van der Waals surface area contributed by atoms with Gasteiger partial charge in [-0.3, -0.25) is 13.9 Å². The molecule has 0 unspecified atom stereocenters. The van der Waals surface area contributed by atoms with Crippen molar-refractivity contribution in [2.75, 3.05) is 6.54 Å². The largest absolute Gasteiger partial charge is 0.394 e. The smallest absolute Gasteiger partial charge is 0.356 e. The molecule has 0 aliphatic rings. The number of nitrogens with one attached hydrogen (secondary N) is 1. The molecule has 0 aromatic heterocycles. The summed E-state index contributed by atoms with van der Waals surface area (Å²) in [5.74, 6) is 0.266. The van der Waals surface area contributed by atoms with E-state index >= 15 is 0 Å². The molecular formula is C34H69NO5S. The van der Waals surface area contributed by atoms with Crippen molar-refractivity contribution in [2.24, 2.45) is 0 Å². The summed E-state index contributed by atoms with van der Waals surface area (Å²) in [6, 6.07) is 0. The number of amides is 1. The van der Waals surface area contributed by atoms with Crippen molar-refractivity contribution in [3.63, 3.8) is 0 Å². The van der Waals surface area contributed by atoms with Crippen molar-refractivity contribution in [1.82, 2.24) is 5.32 Å². The fourth-order valence-electron chi connectivity index (χ4n) is 4.99. The van der Waals surface area contributed by atoms with Crippen molar-refractivity contribution < 1.29 is 22.3 Å². The summed E-state index contributed by atoms with van der Waals surface area (Å²) in [7, 11) is -4.67. The van der Waals surface area contributed by atoms with Gasteiger partial charge < -0.3 is 5.32 Å². The molecule has 0 aliphatic carbocycles. The molecule has 0 saturated carbocycles. The minimum Gasteiger partial charge on any atom is -0.356 e. The van der Waals surface area contributed by atoms with Gasteiger partial charge in [-0.2, -0.15) is 8.42 Å². The second-order valence-electron chi connectivity index (χ2n) is 11.7. The Bertz CT molecular complexity index is 644. The van der Waals surface area contributed by atoms with Gasteiger partial charge in [0.25, 0.3) is 0 Å². The third kappa shape index (κ3) is 49.1. The van der Waals surface area contributed by atoms with Crippen LogP contribution in [0.25, 0.3) is 0 Å². The Balaban J connectivity index is 0. The molecule has 3 N–H and O–H groups in total. The molecule has 0 aromatic rings. The lowest BCUT2D eigenvalue weighted by Crippen LogP contribution is -2.23. The number of rotatable bonds is 30. The molecule has 0 radical (unpaired) electrons. The van der Waals surface area contributed by atoms with Crippen LogP contribution in [-0.4, -0.2) is 30.0 Å². The van der Waals surface area contributed by atoms with Gasteiger partial charge in [0.05, 0.1) is 0 Å². The van der Waals surface area contributed by atoms with Crippen LogP contribution in [0.1, 0.15) is 194 Å². The molecule has 0 saturated heterocycles. The first kappa shape index (κ1) is 42.2. The van der Waals surface area contributed by atoms with Crippen LogP contribution in [0.5, 0.6) is 0 Å². The van der Waals surface area contributed by atoms with E-state index in [1.165, 1.54) is 161 Å². The lowest BCUT2D eigenvalue weighted by atomic mass is 10.0. The molecule has 0 fully saturated rings. The zero-order valence-electron chi connectivity index (χ0n) is 27.2. The van der Waals surface area contributed by atoms with E-state index in [0.29, 0.717) is 0 Å². The number of allylic oxidation sites excluding steroid dienone is 2. The van der Waals surface area contributed by atoms with E-state index in [1.807, 2.05) is 0 Å². The van der Waals surface area contributed by atoms with Gasteiger partial charge in [0, 0.05) is 13.0 Å². The average Bonchev–Trinajstić information content (AvgIpc) is 2.92. The molecule has 0 aromatic carbocycles. The van der Waals surface area contributed by atoms with Gasteiger partial charge in [0.2, 0.25) is 5.91 Å². The summed E-state index contributed by atoms with van der Waals surface area (Å²) < 4.78 is 31.6. The van der Waals surface area contributed by atoms with Crippen LogP contribution < -0.4 is 5.32 Å². The normalized spacial score (nSPS) is 11.5. The number of carbonyl (C=O) groups is 1. The molecule has 0 rings (SSSR count). The summed E-state index contributed by atoms with van der Waals surface area (Å²) in [5, 5.41) is 3.13. The van der Waals surface area contributed by atoms with Gasteiger partial charge in [-0.25, -0.2) is 0 Å². The Kier molecular flexibility index (Phi) is 36.3. The van der Waals surface area contributed by atoms with Crippen LogP contribution in [-0.2, 0) is 15.2 Å². The van der Waals surface area contributed by atoms with Gasteiger partial charge in [-0.15, -0.1) is 0 Å². The second-order valence-corrected chi connectivity index (χ2v) is 12.6. The Morgan fingerprint density at radius 1 is 0.512 bits per heavy atom. The highest BCUT2D eigenvalue weighted by atomic mass is 32.3. The highest BCUT2D eigenvalue weighted by Gasteiger charge is 2.01. The molecule has 0 spiro atoms. The number of hydrogen-bond donors (Lipinski definition) is 3. The maximum Gasteiger partial charge on any atom is 0.394 e. The molecule has 41 heavy (non-hydrogen) atoms. The molecule has 6 nitrogen and oxygen atoms in total. The minimum atomic E-state index is -4.67. The van der Waals surface area contributed by atoms with E-state index in [1.54, 1.807) is 0 Å². The zero-order chi connectivity index (χ0) is 30.7. The molecule has 0 bridgehead atoms. The molecule has 0 atom stereocenters. The van der Waals surface area contributed by atoms with E-state index < -0.39 is 10.4 Å². The van der Waals surface area contributed by atoms with E-state index in [4.69, 9.17) is 17.5 Å². The SMILES string of the molecule is CCCCCCCCC=CCCCCCCCC(=O)NCCCCCCCCCCCCCCCC.O=S(=O)(O)O. The Labute approximate surface area is 255 Å². The number of hydrogen-bond acceptors (Lipinski definition) is 3. The highest BCUT2D eigenvalue weighted by molar-refractivity contribution is 7.79. The number of unbranched alkanes of at least 4 members (excludes halogenated alkanes) is 24. The maximum atomic E-state index is 12.0. The lowest BCUT2D eigenvalue weighted by molar-refractivity contribution is -0.121. The second kappa shape index (κ2) is 35.3. The predicted molar refractivity (Wildman–Crippen MR) is 177 cm³/mol. The van der Waals surface area contributed by atoms with Gasteiger partial charge in [0.1, 0.15) is 0 Å². The minimum absolute atomic E-state index is 0.266. The van der Waals surface area contributed by atoms with Crippen LogP contribution in [0.2, 0.25) is 0 Å². The van der Waals surface area contributed by atoms with Crippen molar-refractivity contribution in [1.29, 1.82) is 0 Å². The summed E-state index contributed by atoms with van der Waals surface area (Å²) in [6.07, 6.45) is 41.8. The first-order valence-electron chi connectivity index (χ1n) is 17.4. The van der Waals surface area contributed by atoms with Crippen LogP contribution in [0.3, 0.4) is 0 Å². The molecule has 1 amide bonds. The fourth-order valence-corrected chi connectivity index (χ4v) is 4.99. The summed E-state index contributed by atoms with van der Waals surface area (Å²) >= 11 is 0. The van der Waals surface area contributed by atoms with Crippen molar-refractivity contribution in [2.45, 2.75) is 194 Å². The van der Waals surface area contributed by atoms with Crippen LogP contribution in [0, 0.1) is 0 Å². The van der Waals surface area contributed by atoms with Gasteiger partial charge in [-0.1, -0.05) is 161 Å². The molecule has 246 valence electrons. The molecule has 0 heterocycles. The first-order valence-corrected chi connectivity index (χ1v) is 18.8. The predicted octanol–water partition coefficient (Wildman–Crippen LogP) is 11.0. The summed E-state index contributed by atoms with van der Waals surface area (Å²) in [5.41, 5.74) is 0. The van der Waals surface area contributed by atoms with Crippen LogP contribution in [0.15, 0.2) is 12.2 Å². The highest BCUT2D eigenvalue weighted by Crippen LogP contribution is 2.13. The Morgan fingerprint density at radius 2 is 0.805 bits per heavy atom. The third-order valence-corrected chi connectivity index (χ3v) is 7.52. The van der Waals surface area contributed by atoms with Gasteiger partial charge >= 0.3 is 10.4 Å². The molecule has 7 heteroatoms. The first-order chi connectivity index (χ1) is 19.8. The maximum absolute atomic E-state index is 12.0. The summed E-state index contributed by atoms with van der Waals surface area (Å²) in [4.78, 5) is 12.0. The van der Waals surface area contributed by atoms with Gasteiger partial charge in [-0.05, 0) is 38.5 Å². The Hall–Kier alpha value is -0.920. The standard InChI is InChI=1S/C34H67NO.H2O4S/c1-3-5-7-9-11-13-15-17-19-20-22-24-26-28-30-32-34(36)35-33-31-29-27-25-23-21-18-16-14-12-10-8-6-4-2;1-5(2,3)4/h17,19H,3-16,18,20-33H2,1-2H3,(H,35,36);(H2,1,2,3,4). The molecule has 0 aliphatic heterocycles. The third-order valence-electron chi connectivity index (χ3n) is 7.52. The van der Waals surface area contributed by atoms with Gasteiger partial charge in [0.15, 0.2) is 0 Å². The average molecular weight is 604 g/mol. The lowest BCUT2D eigenvalue weighted by Gasteiger charge is -2.06. The number of carbonyl (C=O) groups excluding carboxylic acids is 1. The van der Waals surface area contributed by atoms with Crippen LogP contribution in [0.4, 0.5) is 0 Å². The van der Waals surface area contributed by atoms with E-state index in [2.05, 4.69) is 31.3 Å². The summed E-state index contributed by atoms with van der Waals surface area (Å²) in [6.45, 7) is 5.45. The molecular weight excluding hydrogens is 534 g/mol. The zero-order valence-corrected chi connectivity index (χ0v) is 28.0. The Morgan fingerprint density at radius 3 is 1.17 bits per heavy atom. The fraction of sp³-hybridized carbons (Fsp3) is 0.912.